The zero-order valence-electron chi connectivity index (χ0n) is 18.2. The van der Waals surface area contributed by atoms with Crippen LogP contribution in [0.25, 0.3) is 6.08 Å². The lowest BCUT2D eigenvalue weighted by Crippen LogP contribution is -2.49. The first kappa shape index (κ1) is 20.4. The fourth-order valence-electron chi connectivity index (χ4n) is 4.99. The van der Waals surface area contributed by atoms with Crippen molar-refractivity contribution >= 4 is 17.7 Å². The van der Waals surface area contributed by atoms with Gasteiger partial charge in [0.05, 0.1) is 5.54 Å². The number of aliphatic carboxylic acids is 1. The zero-order chi connectivity index (χ0) is 22.3. The van der Waals surface area contributed by atoms with E-state index in [1.165, 1.54) is 29.7 Å². The molecule has 1 saturated carbocycles. The van der Waals surface area contributed by atoms with Crippen LogP contribution in [0.3, 0.4) is 0 Å². The number of anilines is 1. The van der Waals surface area contributed by atoms with Crippen LogP contribution in [0.4, 0.5) is 5.69 Å². The van der Waals surface area contributed by atoms with E-state index in [4.69, 9.17) is 5.11 Å². The number of carboxylic acid groups (broad SMARTS) is 1. The Hall–Kier alpha value is -3.53. The Morgan fingerprint density at radius 3 is 2.41 bits per heavy atom. The van der Waals surface area contributed by atoms with Crippen molar-refractivity contribution in [3.05, 3.63) is 101 Å². The zero-order valence-corrected chi connectivity index (χ0v) is 18.2. The molecule has 0 amide bonds. The van der Waals surface area contributed by atoms with Crippen molar-refractivity contribution in [2.45, 2.75) is 37.6 Å². The summed E-state index contributed by atoms with van der Waals surface area (Å²) in [5.74, 6) is 0.0669. The molecule has 0 bridgehead atoms. The second-order valence-corrected chi connectivity index (χ2v) is 8.97. The van der Waals surface area contributed by atoms with Gasteiger partial charge in [0, 0.05) is 18.3 Å². The van der Waals surface area contributed by atoms with Gasteiger partial charge >= 0.3 is 5.97 Å². The Balaban J connectivity index is 1.58. The molecule has 1 atom stereocenters. The number of fused-ring (bicyclic) bond motifs is 1. The number of rotatable bonds is 5. The average Bonchev–Trinajstić information content (AvgIpc) is 3.64. The molecule has 1 aliphatic carbocycles. The predicted molar refractivity (Wildman–Crippen MR) is 127 cm³/mol. The van der Waals surface area contributed by atoms with Crippen molar-refractivity contribution in [3.8, 4) is 5.75 Å². The maximum atomic E-state index is 10.9. The van der Waals surface area contributed by atoms with Gasteiger partial charge in [-0.1, -0.05) is 42.5 Å². The Kier molecular flexibility index (Phi) is 5.01. The summed E-state index contributed by atoms with van der Waals surface area (Å²) in [5, 5.41) is 19.0. The van der Waals surface area contributed by atoms with Crippen molar-refractivity contribution in [1.29, 1.82) is 0 Å². The first-order chi connectivity index (χ1) is 15.4. The molecule has 2 aliphatic rings. The normalized spacial score (nSPS) is 20.3. The topological polar surface area (TPSA) is 60.8 Å². The van der Waals surface area contributed by atoms with Crippen LogP contribution < -0.4 is 4.90 Å². The number of aromatic hydroxyl groups is 1. The molecule has 4 nitrogen and oxygen atoms in total. The summed E-state index contributed by atoms with van der Waals surface area (Å²) in [4.78, 5) is 13.3. The standard InChI is InChI=1S/C28H27NO3/c1-28(23-9-2-19(3-10-23)4-15-27(31)32)26-14-13-25(30)18-22(26)16-17-29(28)24-11-7-21(8-12-24)20-5-6-20/h2-4,7-15,18,20,30H,5-6,16-17H2,1H3,(H,31,32). The van der Waals surface area contributed by atoms with E-state index < -0.39 is 11.5 Å². The van der Waals surface area contributed by atoms with Gasteiger partial charge < -0.3 is 15.1 Å². The molecule has 1 aliphatic heterocycles. The largest absolute Gasteiger partial charge is 0.508 e. The van der Waals surface area contributed by atoms with Crippen molar-refractivity contribution < 1.29 is 15.0 Å². The number of phenolic OH excluding ortho intramolecular Hbond substituents is 1. The summed E-state index contributed by atoms with van der Waals surface area (Å²) < 4.78 is 0. The third-order valence-corrected chi connectivity index (χ3v) is 6.90. The van der Waals surface area contributed by atoms with Crippen LogP contribution >= 0.6 is 0 Å². The first-order valence-corrected chi connectivity index (χ1v) is 11.2. The average molecular weight is 426 g/mol. The molecule has 1 unspecified atom stereocenters. The minimum absolute atomic E-state index is 0.294. The molecule has 0 spiro atoms. The highest BCUT2D eigenvalue weighted by atomic mass is 16.4. The van der Waals surface area contributed by atoms with Crippen molar-refractivity contribution in [3.63, 3.8) is 0 Å². The second kappa shape index (κ2) is 7.86. The third kappa shape index (κ3) is 3.66. The molecule has 1 heterocycles. The summed E-state index contributed by atoms with van der Waals surface area (Å²) in [6, 6.07) is 22.8. The molecule has 32 heavy (non-hydrogen) atoms. The van der Waals surface area contributed by atoms with Gasteiger partial charge in [0.1, 0.15) is 5.75 Å². The van der Waals surface area contributed by atoms with E-state index in [0.29, 0.717) is 5.75 Å². The highest BCUT2D eigenvalue weighted by molar-refractivity contribution is 5.85. The lowest BCUT2D eigenvalue weighted by atomic mass is 9.76. The molecular formula is C28H27NO3. The number of hydrogen-bond donors (Lipinski definition) is 2. The van der Waals surface area contributed by atoms with Crippen LogP contribution in [0.15, 0.2) is 72.8 Å². The van der Waals surface area contributed by atoms with Crippen LogP contribution in [0, 0.1) is 0 Å². The number of carbonyl (C=O) groups is 1. The van der Waals surface area contributed by atoms with Crippen LogP contribution in [0.2, 0.25) is 0 Å². The molecule has 3 aromatic carbocycles. The predicted octanol–water partition coefficient (Wildman–Crippen LogP) is 5.69. The minimum atomic E-state index is -0.956. The molecule has 0 aromatic heterocycles. The van der Waals surface area contributed by atoms with E-state index in [1.54, 1.807) is 12.1 Å². The Morgan fingerprint density at radius 1 is 1.03 bits per heavy atom. The van der Waals surface area contributed by atoms with Gasteiger partial charge in [-0.05, 0) is 90.3 Å². The SMILES string of the molecule is CC1(c2ccc(C=CC(=O)O)cc2)c2ccc(O)cc2CCN1c1ccc(C2CC2)cc1. The highest BCUT2D eigenvalue weighted by Gasteiger charge is 2.40. The van der Waals surface area contributed by atoms with E-state index in [1.807, 2.05) is 24.3 Å². The monoisotopic (exact) mass is 425 g/mol. The van der Waals surface area contributed by atoms with E-state index >= 15 is 0 Å². The number of nitrogens with zero attached hydrogens (tertiary/aromatic N) is 1. The molecule has 0 saturated heterocycles. The number of phenols is 1. The minimum Gasteiger partial charge on any atom is -0.508 e. The van der Waals surface area contributed by atoms with Gasteiger partial charge in [-0.15, -0.1) is 0 Å². The lowest BCUT2D eigenvalue weighted by molar-refractivity contribution is -0.131. The van der Waals surface area contributed by atoms with Crippen molar-refractivity contribution in [2.75, 3.05) is 11.4 Å². The molecule has 1 fully saturated rings. The fraction of sp³-hybridized carbons (Fsp3) is 0.250. The lowest BCUT2D eigenvalue weighted by Gasteiger charge is -2.48. The van der Waals surface area contributed by atoms with E-state index in [2.05, 4.69) is 48.2 Å². The first-order valence-electron chi connectivity index (χ1n) is 11.2. The Morgan fingerprint density at radius 2 is 1.75 bits per heavy atom. The van der Waals surface area contributed by atoms with Gasteiger partial charge in [-0.2, -0.15) is 0 Å². The molecule has 2 N–H and O–H groups in total. The molecular weight excluding hydrogens is 398 g/mol. The van der Waals surface area contributed by atoms with E-state index in [9.17, 15) is 9.90 Å². The van der Waals surface area contributed by atoms with Crippen molar-refractivity contribution in [2.24, 2.45) is 0 Å². The summed E-state index contributed by atoms with van der Waals surface area (Å²) in [6.07, 6.45) is 6.21. The maximum Gasteiger partial charge on any atom is 0.328 e. The second-order valence-electron chi connectivity index (χ2n) is 8.97. The maximum absolute atomic E-state index is 10.9. The fourth-order valence-corrected chi connectivity index (χ4v) is 4.99. The number of carboxylic acids is 1. The summed E-state index contributed by atoms with van der Waals surface area (Å²) in [6.45, 7) is 3.08. The molecule has 3 aromatic rings. The van der Waals surface area contributed by atoms with Gasteiger partial charge in [0.25, 0.3) is 0 Å². The van der Waals surface area contributed by atoms with Crippen LogP contribution in [0.5, 0.6) is 5.75 Å². The summed E-state index contributed by atoms with van der Waals surface area (Å²) >= 11 is 0. The molecule has 4 heteroatoms. The van der Waals surface area contributed by atoms with Gasteiger partial charge in [-0.3, -0.25) is 0 Å². The molecule has 5 rings (SSSR count). The molecule has 0 radical (unpaired) electrons. The van der Waals surface area contributed by atoms with Gasteiger partial charge in [0.15, 0.2) is 0 Å². The van der Waals surface area contributed by atoms with Crippen LogP contribution in [0.1, 0.15) is 53.5 Å². The van der Waals surface area contributed by atoms with Gasteiger partial charge in [0.2, 0.25) is 0 Å². The highest BCUT2D eigenvalue weighted by Crippen LogP contribution is 2.45. The van der Waals surface area contributed by atoms with Gasteiger partial charge in [-0.25, -0.2) is 4.79 Å². The van der Waals surface area contributed by atoms with E-state index in [-0.39, 0.29) is 0 Å². The van der Waals surface area contributed by atoms with Crippen LogP contribution in [-0.2, 0) is 16.8 Å². The smallest absolute Gasteiger partial charge is 0.328 e. The van der Waals surface area contributed by atoms with Crippen LogP contribution in [-0.4, -0.2) is 22.7 Å². The summed E-state index contributed by atoms with van der Waals surface area (Å²) in [7, 11) is 0. The Bertz CT molecular complexity index is 1180. The number of benzene rings is 3. The van der Waals surface area contributed by atoms with Crippen molar-refractivity contribution in [1.82, 2.24) is 0 Å². The third-order valence-electron chi connectivity index (χ3n) is 6.90. The number of hydrogen-bond acceptors (Lipinski definition) is 3. The Labute approximate surface area is 188 Å². The quantitative estimate of drug-likeness (QED) is 0.515. The summed E-state index contributed by atoms with van der Waals surface area (Å²) in [5.41, 5.74) is 6.51. The van der Waals surface area contributed by atoms with E-state index in [0.717, 1.165) is 41.6 Å². The molecule has 162 valence electrons.